The van der Waals surface area contributed by atoms with Crippen molar-refractivity contribution >= 4 is 12.0 Å². The Kier molecular flexibility index (Phi) is 6.03. The molecule has 2 amide bonds. The second kappa shape index (κ2) is 7.53. The Morgan fingerprint density at radius 1 is 1.35 bits per heavy atom. The van der Waals surface area contributed by atoms with Crippen LogP contribution in [-0.2, 0) is 4.79 Å². The molecular weight excluding hydrogens is 256 g/mol. The van der Waals surface area contributed by atoms with Gasteiger partial charge in [0, 0.05) is 6.54 Å². The van der Waals surface area contributed by atoms with E-state index in [-0.39, 0.29) is 18.6 Å². The van der Waals surface area contributed by atoms with Gasteiger partial charge < -0.3 is 15.3 Å². The SMILES string of the molecule is CCCN(CC(=O)O)C(=O)NC(C)c1ccccc1C. The molecule has 5 nitrogen and oxygen atoms in total. The number of hydrogen-bond donors (Lipinski definition) is 2. The minimum absolute atomic E-state index is 0.156. The number of nitrogens with zero attached hydrogens (tertiary/aromatic N) is 1. The summed E-state index contributed by atoms with van der Waals surface area (Å²) < 4.78 is 0. The van der Waals surface area contributed by atoms with Crippen LogP contribution >= 0.6 is 0 Å². The number of rotatable bonds is 6. The number of carboxylic acids is 1. The normalized spacial score (nSPS) is 11.8. The van der Waals surface area contributed by atoms with E-state index < -0.39 is 5.97 Å². The molecule has 0 radical (unpaired) electrons. The number of carbonyl (C=O) groups excluding carboxylic acids is 1. The number of carboxylic acid groups (broad SMARTS) is 1. The Morgan fingerprint density at radius 3 is 2.55 bits per heavy atom. The van der Waals surface area contributed by atoms with Crippen LogP contribution in [0.4, 0.5) is 4.79 Å². The van der Waals surface area contributed by atoms with E-state index in [0.717, 1.165) is 17.5 Å². The zero-order valence-corrected chi connectivity index (χ0v) is 12.2. The van der Waals surface area contributed by atoms with E-state index in [2.05, 4.69) is 5.32 Å². The maximum atomic E-state index is 12.1. The molecule has 1 aromatic carbocycles. The number of aliphatic carboxylic acids is 1. The summed E-state index contributed by atoms with van der Waals surface area (Å²) in [5.74, 6) is -1.00. The summed E-state index contributed by atoms with van der Waals surface area (Å²) in [7, 11) is 0. The predicted molar refractivity (Wildman–Crippen MR) is 77.6 cm³/mol. The van der Waals surface area contributed by atoms with Gasteiger partial charge in [-0.25, -0.2) is 4.79 Å². The first-order valence-corrected chi connectivity index (χ1v) is 6.78. The monoisotopic (exact) mass is 278 g/mol. The lowest BCUT2D eigenvalue weighted by Gasteiger charge is -2.24. The van der Waals surface area contributed by atoms with Gasteiger partial charge in [-0.3, -0.25) is 4.79 Å². The van der Waals surface area contributed by atoms with Crippen molar-refractivity contribution < 1.29 is 14.7 Å². The molecule has 0 bridgehead atoms. The van der Waals surface area contributed by atoms with E-state index in [1.807, 2.05) is 45.0 Å². The summed E-state index contributed by atoms with van der Waals surface area (Å²) in [5, 5.41) is 11.7. The Balaban J connectivity index is 2.72. The molecule has 0 fully saturated rings. The van der Waals surface area contributed by atoms with Crippen LogP contribution in [0.15, 0.2) is 24.3 Å². The van der Waals surface area contributed by atoms with Crippen molar-refractivity contribution in [2.45, 2.75) is 33.2 Å². The largest absolute Gasteiger partial charge is 0.480 e. The van der Waals surface area contributed by atoms with E-state index >= 15 is 0 Å². The summed E-state index contributed by atoms with van der Waals surface area (Å²) in [6.07, 6.45) is 0.722. The molecule has 0 saturated carbocycles. The van der Waals surface area contributed by atoms with Gasteiger partial charge in [0.15, 0.2) is 0 Å². The number of carbonyl (C=O) groups is 2. The number of amides is 2. The molecule has 1 aromatic rings. The molecule has 0 spiro atoms. The van der Waals surface area contributed by atoms with Crippen molar-refractivity contribution in [3.8, 4) is 0 Å². The summed E-state index contributed by atoms with van der Waals surface area (Å²) in [5.41, 5.74) is 2.13. The van der Waals surface area contributed by atoms with Crippen molar-refractivity contribution in [1.82, 2.24) is 10.2 Å². The number of benzene rings is 1. The standard InChI is InChI=1S/C15H22N2O3/c1-4-9-17(10-14(18)19)15(20)16-12(3)13-8-6-5-7-11(13)2/h5-8,12H,4,9-10H2,1-3H3,(H,16,20)(H,18,19). The van der Waals surface area contributed by atoms with Gasteiger partial charge in [-0.15, -0.1) is 0 Å². The first kappa shape index (κ1) is 16.0. The van der Waals surface area contributed by atoms with Gasteiger partial charge in [-0.2, -0.15) is 0 Å². The highest BCUT2D eigenvalue weighted by Gasteiger charge is 2.18. The summed E-state index contributed by atoms with van der Waals surface area (Å²) in [6, 6.07) is 7.32. The highest BCUT2D eigenvalue weighted by atomic mass is 16.4. The quantitative estimate of drug-likeness (QED) is 0.840. The van der Waals surface area contributed by atoms with Gasteiger partial charge in [-0.1, -0.05) is 31.2 Å². The van der Waals surface area contributed by atoms with Crippen LogP contribution in [-0.4, -0.2) is 35.1 Å². The molecule has 0 aromatic heterocycles. The lowest BCUT2D eigenvalue weighted by Crippen LogP contribution is -2.44. The fourth-order valence-corrected chi connectivity index (χ4v) is 2.11. The van der Waals surface area contributed by atoms with Gasteiger partial charge in [0.2, 0.25) is 0 Å². The first-order valence-electron chi connectivity index (χ1n) is 6.78. The number of hydrogen-bond acceptors (Lipinski definition) is 2. The molecule has 1 atom stereocenters. The smallest absolute Gasteiger partial charge is 0.323 e. The number of urea groups is 1. The summed E-state index contributed by atoms with van der Waals surface area (Å²) in [6.45, 7) is 5.94. The molecule has 2 N–H and O–H groups in total. The average molecular weight is 278 g/mol. The lowest BCUT2D eigenvalue weighted by atomic mass is 10.0. The fourth-order valence-electron chi connectivity index (χ4n) is 2.11. The van der Waals surface area contributed by atoms with E-state index in [4.69, 9.17) is 5.11 Å². The van der Waals surface area contributed by atoms with Gasteiger partial charge in [0.05, 0.1) is 6.04 Å². The van der Waals surface area contributed by atoms with Crippen LogP contribution < -0.4 is 5.32 Å². The zero-order valence-electron chi connectivity index (χ0n) is 12.2. The maximum absolute atomic E-state index is 12.1. The molecule has 0 saturated heterocycles. The van der Waals surface area contributed by atoms with Crippen LogP contribution in [0.1, 0.15) is 37.4 Å². The van der Waals surface area contributed by atoms with Crippen LogP contribution in [0.3, 0.4) is 0 Å². The number of aryl methyl sites for hydroxylation is 1. The molecule has 5 heteroatoms. The van der Waals surface area contributed by atoms with E-state index in [0.29, 0.717) is 6.54 Å². The van der Waals surface area contributed by atoms with E-state index in [1.165, 1.54) is 4.90 Å². The maximum Gasteiger partial charge on any atom is 0.323 e. The first-order chi connectivity index (χ1) is 9.45. The van der Waals surface area contributed by atoms with E-state index in [9.17, 15) is 9.59 Å². The van der Waals surface area contributed by atoms with Crippen molar-refractivity contribution in [3.63, 3.8) is 0 Å². The summed E-state index contributed by atoms with van der Waals surface area (Å²) >= 11 is 0. The van der Waals surface area contributed by atoms with Crippen LogP contribution in [0.5, 0.6) is 0 Å². The predicted octanol–water partition coefficient (Wildman–Crippen LogP) is 2.56. The lowest BCUT2D eigenvalue weighted by molar-refractivity contribution is -0.137. The summed E-state index contributed by atoms with van der Waals surface area (Å²) in [4.78, 5) is 24.2. The van der Waals surface area contributed by atoms with Crippen LogP contribution in [0.2, 0.25) is 0 Å². The molecule has 1 rings (SSSR count). The zero-order chi connectivity index (χ0) is 15.1. The van der Waals surface area contributed by atoms with Crippen molar-refractivity contribution in [2.75, 3.05) is 13.1 Å². The molecule has 0 aliphatic rings. The topological polar surface area (TPSA) is 69.6 Å². The Morgan fingerprint density at radius 2 is 2.00 bits per heavy atom. The van der Waals surface area contributed by atoms with Gasteiger partial charge in [-0.05, 0) is 31.4 Å². The van der Waals surface area contributed by atoms with Gasteiger partial charge in [0.25, 0.3) is 0 Å². The Hall–Kier alpha value is -2.04. The van der Waals surface area contributed by atoms with Gasteiger partial charge in [0.1, 0.15) is 6.54 Å². The third kappa shape index (κ3) is 4.57. The van der Waals surface area contributed by atoms with Crippen molar-refractivity contribution in [1.29, 1.82) is 0 Å². The molecule has 110 valence electrons. The van der Waals surface area contributed by atoms with Crippen molar-refractivity contribution in [3.05, 3.63) is 35.4 Å². The molecule has 0 heterocycles. The minimum Gasteiger partial charge on any atom is -0.480 e. The van der Waals surface area contributed by atoms with E-state index in [1.54, 1.807) is 0 Å². The highest BCUT2D eigenvalue weighted by molar-refractivity contribution is 5.80. The van der Waals surface area contributed by atoms with Gasteiger partial charge >= 0.3 is 12.0 Å². The second-order valence-corrected chi connectivity index (χ2v) is 4.84. The highest BCUT2D eigenvalue weighted by Crippen LogP contribution is 2.16. The van der Waals surface area contributed by atoms with Crippen LogP contribution in [0.25, 0.3) is 0 Å². The molecule has 1 unspecified atom stereocenters. The number of nitrogens with one attached hydrogen (secondary N) is 1. The third-order valence-corrected chi connectivity index (χ3v) is 3.10. The van der Waals surface area contributed by atoms with Crippen LogP contribution in [0, 0.1) is 6.92 Å². The van der Waals surface area contributed by atoms with Crippen molar-refractivity contribution in [2.24, 2.45) is 0 Å². The average Bonchev–Trinajstić information content (AvgIpc) is 2.38. The Labute approximate surface area is 119 Å². The Bertz CT molecular complexity index is 474. The second-order valence-electron chi connectivity index (χ2n) is 4.84. The molecule has 0 aliphatic carbocycles. The molecule has 0 aliphatic heterocycles. The minimum atomic E-state index is -1.00. The fraction of sp³-hybridized carbons (Fsp3) is 0.467. The molecule has 20 heavy (non-hydrogen) atoms. The molecular formula is C15H22N2O3. The third-order valence-electron chi connectivity index (χ3n) is 3.10.